The quantitative estimate of drug-likeness (QED) is 0.192. The van der Waals surface area contributed by atoms with E-state index < -0.39 is 0 Å². The Morgan fingerprint density at radius 2 is 1.70 bits per heavy atom. The van der Waals surface area contributed by atoms with E-state index in [-0.39, 0.29) is 30.0 Å². The second kappa shape index (κ2) is 13.1. The van der Waals surface area contributed by atoms with Crippen molar-refractivity contribution < 1.29 is 14.4 Å². The highest BCUT2D eigenvalue weighted by Crippen LogP contribution is 2.38. The third kappa shape index (κ3) is 7.09. The number of hydrogen-bond donors (Lipinski definition) is 4. The molecular weight excluding hydrogens is 568 g/mol. The molecule has 12 heteroatoms. The molecule has 0 fully saturated rings. The molecule has 4 aromatic rings. The number of thiophene rings is 1. The number of rotatable bonds is 10. The van der Waals surface area contributed by atoms with Crippen molar-refractivity contribution in [1.29, 1.82) is 0 Å². The SMILES string of the molecule is O=C(CSc1n[nH]c(CNC(=O)c2ccc(Cl)cc2)n1)Nc1sc2c(c1C(=O)NCc1ccccc1)CCCC2. The maximum atomic E-state index is 13.2. The predicted molar refractivity (Wildman–Crippen MR) is 157 cm³/mol. The fourth-order valence-corrected chi connectivity index (χ4v) is 6.39. The molecule has 0 spiro atoms. The Labute approximate surface area is 244 Å². The first-order valence-electron chi connectivity index (χ1n) is 12.8. The molecule has 5 rings (SSSR count). The lowest BCUT2D eigenvalue weighted by Gasteiger charge is -2.13. The molecule has 0 aliphatic heterocycles. The zero-order valence-electron chi connectivity index (χ0n) is 21.5. The molecule has 0 atom stereocenters. The van der Waals surface area contributed by atoms with Crippen LogP contribution >= 0.6 is 34.7 Å². The normalized spacial score (nSPS) is 12.4. The van der Waals surface area contributed by atoms with Gasteiger partial charge in [0.2, 0.25) is 11.1 Å². The smallest absolute Gasteiger partial charge is 0.254 e. The van der Waals surface area contributed by atoms with Gasteiger partial charge in [0, 0.05) is 22.0 Å². The number of fused-ring (bicyclic) bond motifs is 1. The number of nitrogens with one attached hydrogen (secondary N) is 4. The number of halogens is 1. The molecular formula is C28H27ClN6O3S2. The van der Waals surface area contributed by atoms with Crippen LogP contribution < -0.4 is 16.0 Å². The Morgan fingerprint density at radius 3 is 2.50 bits per heavy atom. The highest BCUT2D eigenvalue weighted by Gasteiger charge is 2.26. The van der Waals surface area contributed by atoms with Crippen LogP contribution in [0.25, 0.3) is 0 Å². The molecule has 3 amide bonds. The van der Waals surface area contributed by atoms with Crippen molar-refractivity contribution in [3.63, 3.8) is 0 Å². The molecule has 40 heavy (non-hydrogen) atoms. The van der Waals surface area contributed by atoms with Crippen molar-refractivity contribution in [2.24, 2.45) is 0 Å². The van der Waals surface area contributed by atoms with Crippen LogP contribution in [0.4, 0.5) is 5.00 Å². The molecule has 2 aromatic carbocycles. The lowest BCUT2D eigenvalue weighted by atomic mass is 9.95. The van der Waals surface area contributed by atoms with Gasteiger partial charge in [-0.2, -0.15) is 0 Å². The maximum Gasteiger partial charge on any atom is 0.254 e. The second-order valence-corrected chi connectivity index (χ2v) is 11.7. The summed E-state index contributed by atoms with van der Waals surface area (Å²) in [5.74, 6) is -0.145. The van der Waals surface area contributed by atoms with Gasteiger partial charge in [0.1, 0.15) is 10.8 Å². The van der Waals surface area contributed by atoms with Gasteiger partial charge >= 0.3 is 0 Å². The molecule has 0 radical (unpaired) electrons. The molecule has 0 bridgehead atoms. The van der Waals surface area contributed by atoms with Gasteiger partial charge in [-0.1, -0.05) is 53.7 Å². The highest BCUT2D eigenvalue weighted by molar-refractivity contribution is 7.99. The van der Waals surface area contributed by atoms with E-state index in [1.165, 1.54) is 28.0 Å². The summed E-state index contributed by atoms with van der Waals surface area (Å²) in [6.07, 6.45) is 3.85. The first-order chi connectivity index (χ1) is 19.5. The average molecular weight is 595 g/mol. The zero-order valence-corrected chi connectivity index (χ0v) is 23.8. The first-order valence-corrected chi connectivity index (χ1v) is 15.0. The number of nitrogens with zero attached hydrogens (tertiary/aromatic N) is 2. The van der Waals surface area contributed by atoms with Gasteiger partial charge in [0.25, 0.3) is 11.8 Å². The summed E-state index contributed by atoms with van der Waals surface area (Å²) in [5, 5.41) is 17.2. The van der Waals surface area contributed by atoms with Gasteiger partial charge in [-0.05, 0) is 61.1 Å². The molecule has 1 aliphatic rings. The number of benzene rings is 2. The van der Waals surface area contributed by atoms with E-state index in [1.54, 1.807) is 24.3 Å². The molecule has 0 unspecified atom stereocenters. The van der Waals surface area contributed by atoms with Crippen molar-refractivity contribution in [2.45, 2.75) is 43.9 Å². The molecule has 0 saturated carbocycles. The number of amides is 3. The lowest BCUT2D eigenvalue weighted by Crippen LogP contribution is -2.25. The van der Waals surface area contributed by atoms with E-state index >= 15 is 0 Å². The average Bonchev–Trinajstić information content (AvgIpc) is 3.58. The number of carbonyl (C=O) groups is 3. The van der Waals surface area contributed by atoms with Crippen molar-refractivity contribution >= 4 is 57.4 Å². The second-order valence-electron chi connectivity index (χ2n) is 9.17. The largest absolute Gasteiger partial charge is 0.348 e. The molecule has 2 heterocycles. The molecule has 206 valence electrons. The summed E-state index contributed by atoms with van der Waals surface area (Å²) in [6, 6.07) is 16.3. The molecule has 9 nitrogen and oxygen atoms in total. The standard InChI is InChI=1S/C28H27ClN6O3S2/c29-19-12-10-18(11-13-19)25(37)31-15-22-32-28(35-34-22)39-16-23(36)33-27-24(20-8-4-5-9-21(20)40-27)26(38)30-14-17-6-2-1-3-7-17/h1-3,6-7,10-13H,4-5,8-9,14-16H2,(H,30,38)(H,31,37)(H,33,36)(H,32,34,35). The van der Waals surface area contributed by atoms with E-state index in [2.05, 4.69) is 31.1 Å². The Balaban J connectivity index is 1.16. The van der Waals surface area contributed by atoms with E-state index in [1.807, 2.05) is 30.3 Å². The number of H-pyrrole nitrogens is 1. The monoisotopic (exact) mass is 594 g/mol. The number of aromatic nitrogens is 3. The number of carbonyl (C=O) groups excluding carboxylic acids is 3. The van der Waals surface area contributed by atoms with Crippen LogP contribution in [0, 0.1) is 0 Å². The number of aryl methyl sites for hydroxylation is 1. The summed E-state index contributed by atoms with van der Waals surface area (Å²) in [7, 11) is 0. The topological polar surface area (TPSA) is 129 Å². The van der Waals surface area contributed by atoms with Crippen molar-refractivity contribution in [3.05, 3.63) is 92.6 Å². The van der Waals surface area contributed by atoms with E-state index in [0.717, 1.165) is 36.8 Å². The summed E-state index contributed by atoms with van der Waals surface area (Å²) in [6.45, 7) is 0.574. The minimum Gasteiger partial charge on any atom is -0.348 e. The van der Waals surface area contributed by atoms with E-state index in [4.69, 9.17) is 11.6 Å². The van der Waals surface area contributed by atoms with Crippen LogP contribution in [-0.4, -0.2) is 38.7 Å². The fourth-order valence-electron chi connectivity index (χ4n) is 4.34. The first kappa shape index (κ1) is 27.9. The van der Waals surface area contributed by atoms with Gasteiger partial charge in [0.15, 0.2) is 0 Å². The van der Waals surface area contributed by atoms with Crippen molar-refractivity contribution in [3.8, 4) is 0 Å². The minimum absolute atomic E-state index is 0.0715. The maximum absolute atomic E-state index is 13.2. The zero-order chi connectivity index (χ0) is 27.9. The van der Waals surface area contributed by atoms with E-state index in [0.29, 0.717) is 38.7 Å². The Hall–Kier alpha value is -3.67. The Kier molecular flexibility index (Phi) is 9.15. The Bertz CT molecular complexity index is 1500. The third-order valence-corrected chi connectivity index (χ3v) is 8.62. The summed E-state index contributed by atoms with van der Waals surface area (Å²) < 4.78 is 0. The molecule has 2 aromatic heterocycles. The van der Waals surface area contributed by atoms with E-state index in [9.17, 15) is 14.4 Å². The number of anilines is 1. The third-order valence-electron chi connectivity index (χ3n) is 6.31. The lowest BCUT2D eigenvalue weighted by molar-refractivity contribution is -0.113. The van der Waals surface area contributed by atoms with Crippen LogP contribution in [0.3, 0.4) is 0 Å². The van der Waals surface area contributed by atoms with Crippen LogP contribution in [0.2, 0.25) is 5.02 Å². The van der Waals surface area contributed by atoms with Crippen LogP contribution in [0.5, 0.6) is 0 Å². The number of hydrogen-bond acceptors (Lipinski definition) is 7. The van der Waals surface area contributed by atoms with Gasteiger partial charge in [-0.3, -0.25) is 19.5 Å². The Morgan fingerprint density at radius 1 is 0.950 bits per heavy atom. The minimum atomic E-state index is -0.260. The summed E-state index contributed by atoms with van der Waals surface area (Å²) >= 11 is 8.52. The predicted octanol–water partition coefficient (Wildman–Crippen LogP) is 4.99. The number of aromatic amines is 1. The fraction of sp³-hybridized carbons (Fsp3) is 0.250. The summed E-state index contributed by atoms with van der Waals surface area (Å²) in [4.78, 5) is 43.9. The van der Waals surface area contributed by atoms with Gasteiger partial charge < -0.3 is 16.0 Å². The summed E-state index contributed by atoms with van der Waals surface area (Å²) in [5.41, 5.74) is 3.12. The molecule has 1 aliphatic carbocycles. The number of thioether (sulfide) groups is 1. The van der Waals surface area contributed by atoms with Crippen molar-refractivity contribution in [2.75, 3.05) is 11.1 Å². The van der Waals surface area contributed by atoms with Crippen LogP contribution in [0.1, 0.15) is 55.4 Å². The van der Waals surface area contributed by atoms with Crippen LogP contribution in [-0.2, 0) is 30.7 Å². The van der Waals surface area contributed by atoms with Crippen LogP contribution in [0.15, 0.2) is 59.8 Å². The molecule has 0 saturated heterocycles. The van der Waals surface area contributed by atoms with Gasteiger partial charge in [-0.15, -0.1) is 16.4 Å². The highest BCUT2D eigenvalue weighted by atomic mass is 35.5. The van der Waals surface area contributed by atoms with Gasteiger partial charge in [-0.25, -0.2) is 4.98 Å². The molecule has 4 N–H and O–H groups in total. The van der Waals surface area contributed by atoms with Crippen molar-refractivity contribution in [1.82, 2.24) is 25.8 Å². The van der Waals surface area contributed by atoms with Gasteiger partial charge in [0.05, 0.1) is 17.9 Å².